The van der Waals surface area contributed by atoms with Gasteiger partial charge in [0.05, 0.1) is 6.61 Å². The van der Waals surface area contributed by atoms with Gasteiger partial charge < -0.3 is 9.84 Å². The van der Waals surface area contributed by atoms with E-state index in [1.165, 1.54) is 6.07 Å². The molecule has 0 radical (unpaired) electrons. The molecule has 0 saturated heterocycles. The molecule has 0 unspecified atom stereocenters. The summed E-state index contributed by atoms with van der Waals surface area (Å²) in [6.45, 7) is 2.24. The van der Waals surface area contributed by atoms with Crippen LogP contribution in [0.4, 0.5) is 4.39 Å². The quantitative estimate of drug-likeness (QED) is 0.745. The van der Waals surface area contributed by atoms with Crippen molar-refractivity contribution >= 4 is 5.97 Å². The van der Waals surface area contributed by atoms with Gasteiger partial charge in [0.2, 0.25) is 0 Å². The lowest BCUT2D eigenvalue weighted by atomic mass is 10.1. The second-order valence-electron chi connectivity index (χ2n) is 3.80. The third-order valence-corrected chi connectivity index (χ3v) is 2.40. The maximum absolute atomic E-state index is 13.5. The SMILES string of the molecule is CCOc1ccc(CCCCC(=O)O)cc1F. The second kappa shape index (κ2) is 6.89. The highest BCUT2D eigenvalue weighted by Crippen LogP contribution is 2.19. The number of hydrogen-bond acceptors (Lipinski definition) is 2. The first kappa shape index (κ1) is 13.5. The van der Waals surface area contributed by atoms with Gasteiger partial charge >= 0.3 is 5.97 Å². The lowest BCUT2D eigenvalue weighted by Crippen LogP contribution is -1.97. The molecule has 0 aliphatic rings. The summed E-state index contributed by atoms with van der Waals surface area (Å²) in [6, 6.07) is 4.88. The zero-order valence-electron chi connectivity index (χ0n) is 9.91. The van der Waals surface area contributed by atoms with Crippen LogP contribution in [0, 0.1) is 5.82 Å². The molecular weight excluding hydrogens is 223 g/mol. The molecule has 0 heterocycles. The molecule has 1 aromatic rings. The highest BCUT2D eigenvalue weighted by molar-refractivity contribution is 5.66. The van der Waals surface area contributed by atoms with Crippen LogP contribution in [0.3, 0.4) is 0 Å². The van der Waals surface area contributed by atoms with Crippen molar-refractivity contribution in [2.24, 2.45) is 0 Å². The van der Waals surface area contributed by atoms with Crippen LogP contribution in [-0.2, 0) is 11.2 Å². The third kappa shape index (κ3) is 4.85. The Bertz CT molecular complexity index is 377. The summed E-state index contributed by atoms with van der Waals surface area (Å²) < 4.78 is 18.6. The molecule has 0 spiro atoms. The fraction of sp³-hybridized carbons (Fsp3) is 0.462. The maximum Gasteiger partial charge on any atom is 0.303 e. The van der Waals surface area contributed by atoms with E-state index in [9.17, 15) is 9.18 Å². The number of halogens is 1. The number of ether oxygens (including phenoxy) is 1. The molecular formula is C13H17FO3. The molecule has 1 aromatic carbocycles. The number of aryl methyl sites for hydroxylation is 1. The van der Waals surface area contributed by atoms with Gasteiger partial charge in [-0.3, -0.25) is 4.79 Å². The molecule has 0 aromatic heterocycles. The Morgan fingerprint density at radius 1 is 1.41 bits per heavy atom. The highest BCUT2D eigenvalue weighted by Gasteiger charge is 2.04. The highest BCUT2D eigenvalue weighted by atomic mass is 19.1. The Morgan fingerprint density at radius 3 is 2.76 bits per heavy atom. The zero-order valence-corrected chi connectivity index (χ0v) is 9.91. The maximum atomic E-state index is 13.5. The van der Waals surface area contributed by atoms with E-state index in [1.807, 2.05) is 6.07 Å². The van der Waals surface area contributed by atoms with E-state index in [-0.39, 0.29) is 18.0 Å². The van der Waals surface area contributed by atoms with Gasteiger partial charge in [0, 0.05) is 6.42 Å². The van der Waals surface area contributed by atoms with Crippen LogP contribution in [0.1, 0.15) is 31.7 Å². The number of carbonyl (C=O) groups is 1. The number of hydrogen-bond donors (Lipinski definition) is 1. The molecule has 3 nitrogen and oxygen atoms in total. The second-order valence-corrected chi connectivity index (χ2v) is 3.80. The van der Waals surface area contributed by atoms with E-state index in [2.05, 4.69) is 0 Å². The Morgan fingerprint density at radius 2 is 2.18 bits per heavy atom. The van der Waals surface area contributed by atoms with Gasteiger partial charge in [-0.1, -0.05) is 6.07 Å². The van der Waals surface area contributed by atoms with Gasteiger partial charge in [-0.2, -0.15) is 0 Å². The summed E-state index contributed by atoms with van der Waals surface area (Å²) in [4.78, 5) is 10.3. The molecule has 17 heavy (non-hydrogen) atoms. The molecule has 0 bridgehead atoms. The Kier molecular flexibility index (Phi) is 5.46. The first-order chi connectivity index (χ1) is 8.13. The van der Waals surface area contributed by atoms with E-state index in [0.717, 1.165) is 12.0 Å². The Labute approximate surface area is 100 Å². The zero-order chi connectivity index (χ0) is 12.7. The fourth-order valence-electron chi connectivity index (χ4n) is 1.58. The standard InChI is InChI=1S/C13H17FO3/c1-2-17-12-8-7-10(9-11(12)14)5-3-4-6-13(15)16/h7-9H,2-6H2,1H3,(H,15,16). The lowest BCUT2D eigenvalue weighted by Gasteiger charge is -2.06. The lowest BCUT2D eigenvalue weighted by molar-refractivity contribution is -0.137. The summed E-state index contributed by atoms with van der Waals surface area (Å²) in [5.74, 6) is -0.882. The topological polar surface area (TPSA) is 46.5 Å². The van der Waals surface area contributed by atoms with E-state index < -0.39 is 5.97 Å². The van der Waals surface area contributed by atoms with Gasteiger partial charge in [-0.05, 0) is 43.9 Å². The van der Waals surface area contributed by atoms with Crippen molar-refractivity contribution in [3.8, 4) is 5.75 Å². The minimum Gasteiger partial charge on any atom is -0.491 e. The van der Waals surface area contributed by atoms with E-state index in [0.29, 0.717) is 19.4 Å². The van der Waals surface area contributed by atoms with Gasteiger partial charge in [0.15, 0.2) is 11.6 Å². The predicted molar refractivity (Wildman–Crippen MR) is 62.8 cm³/mol. The van der Waals surface area contributed by atoms with Gasteiger partial charge in [0.25, 0.3) is 0 Å². The summed E-state index contributed by atoms with van der Waals surface area (Å²) in [7, 11) is 0. The third-order valence-electron chi connectivity index (χ3n) is 2.40. The molecule has 0 atom stereocenters. The average molecular weight is 240 g/mol. The minimum atomic E-state index is -0.789. The van der Waals surface area contributed by atoms with Crippen molar-refractivity contribution in [1.82, 2.24) is 0 Å². The number of benzene rings is 1. The molecule has 4 heteroatoms. The van der Waals surface area contributed by atoms with Gasteiger partial charge in [-0.25, -0.2) is 4.39 Å². The average Bonchev–Trinajstić information content (AvgIpc) is 2.28. The largest absolute Gasteiger partial charge is 0.491 e. The predicted octanol–water partition coefficient (Wildman–Crippen LogP) is 3.02. The minimum absolute atomic E-state index is 0.166. The van der Waals surface area contributed by atoms with Crippen molar-refractivity contribution in [2.75, 3.05) is 6.61 Å². The molecule has 0 aliphatic heterocycles. The summed E-state index contributed by atoms with van der Waals surface area (Å²) in [6.07, 6.45) is 2.22. The molecule has 0 saturated carbocycles. The number of rotatable bonds is 7. The smallest absolute Gasteiger partial charge is 0.303 e. The van der Waals surface area contributed by atoms with Crippen molar-refractivity contribution in [1.29, 1.82) is 0 Å². The molecule has 1 rings (SSSR count). The van der Waals surface area contributed by atoms with Gasteiger partial charge in [0.1, 0.15) is 0 Å². The number of unbranched alkanes of at least 4 members (excludes halogenated alkanes) is 1. The Balaban J connectivity index is 2.44. The van der Waals surface area contributed by atoms with Crippen molar-refractivity contribution < 1.29 is 19.0 Å². The Hall–Kier alpha value is -1.58. The van der Waals surface area contributed by atoms with Crippen LogP contribution in [0.5, 0.6) is 5.75 Å². The normalized spacial score (nSPS) is 10.2. The summed E-state index contributed by atoms with van der Waals surface area (Å²) >= 11 is 0. The van der Waals surface area contributed by atoms with Crippen LogP contribution >= 0.6 is 0 Å². The molecule has 0 amide bonds. The summed E-state index contributed by atoms with van der Waals surface area (Å²) in [5.41, 5.74) is 0.872. The number of carboxylic acid groups (broad SMARTS) is 1. The van der Waals surface area contributed by atoms with Crippen LogP contribution in [0.25, 0.3) is 0 Å². The van der Waals surface area contributed by atoms with E-state index in [4.69, 9.17) is 9.84 Å². The molecule has 0 fully saturated rings. The van der Waals surface area contributed by atoms with Crippen molar-refractivity contribution in [3.63, 3.8) is 0 Å². The summed E-state index contributed by atoms with van der Waals surface area (Å²) in [5, 5.41) is 8.47. The van der Waals surface area contributed by atoms with E-state index in [1.54, 1.807) is 13.0 Å². The molecule has 0 aliphatic carbocycles. The fourth-order valence-corrected chi connectivity index (χ4v) is 1.58. The molecule has 94 valence electrons. The van der Waals surface area contributed by atoms with E-state index >= 15 is 0 Å². The van der Waals surface area contributed by atoms with Crippen LogP contribution < -0.4 is 4.74 Å². The number of carboxylic acids is 1. The van der Waals surface area contributed by atoms with Crippen LogP contribution in [0.15, 0.2) is 18.2 Å². The monoisotopic (exact) mass is 240 g/mol. The first-order valence-electron chi connectivity index (χ1n) is 5.76. The van der Waals surface area contributed by atoms with Gasteiger partial charge in [-0.15, -0.1) is 0 Å². The molecule has 1 N–H and O–H groups in total. The van der Waals surface area contributed by atoms with Crippen LogP contribution in [-0.4, -0.2) is 17.7 Å². The van der Waals surface area contributed by atoms with Crippen LogP contribution in [0.2, 0.25) is 0 Å². The number of aliphatic carboxylic acids is 1. The first-order valence-corrected chi connectivity index (χ1v) is 5.76. The van der Waals surface area contributed by atoms with Crippen molar-refractivity contribution in [3.05, 3.63) is 29.6 Å². The van der Waals surface area contributed by atoms with Crippen molar-refractivity contribution in [2.45, 2.75) is 32.6 Å².